The van der Waals surface area contributed by atoms with Crippen molar-refractivity contribution >= 4 is 5.69 Å². The number of rotatable bonds is 3. The Morgan fingerprint density at radius 3 is 2.72 bits per heavy atom. The number of H-pyrrole nitrogens is 1. The minimum absolute atomic E-state index is 0.0798. The second-order valence-electron chi connectivity index (χ2n) is 4.41. The van der Waals surface area contributed by atoms with Crippen molar-refractivity contribution in [2.45, 2.75) is 18.8 Å². The lowest BCUT2D eigenvalue weighted by Crippen LogP contribution is -2.14. The van der Waals surface area contributed by atoms with E-state index in [0.29, 0.717) is 5.92 Å². The quantitative estimate of drug-likeness (QED) is 0.662. The van der Waals surface area contributed by atoms with Crippen LogP contribution in [0.1, 0.15) is 24.5 Å². The minimum atomic E-state index is -0.487. The fraction of sp³-hybridized carbons (Fsp3) is 0.250. The van der Waals surface area contributed by atoms with Crippen molar-refractivity contribution in [2.24, 2.45) is 0 Å². The molecule has 0 aliphatic heterocycles. The SMILES string of the molecule is O=c1cc(C2CC2)[nH]n1-c1ccccc1[N+](=O)[O-]. The first-order valence-electron chi connectivity index (χ1n) is 5.72. The van der Waals surface area contributed by atoms with Gasteiger partial charge in [-0.1, -0.05) is 12.1 Å². The van der Waals surface area contributed by atoms with E-state index >= 15 is 0 Å². The lowest BCUT2D eigenvalue weighted by molar-refractivity contribution is -0.384. The van der Waals surface area contributed by atoms with Gasteiger partial charge in [-0.25, -0.2) is 4.68 Å². The summed E-state index contributed by atoms with van der Waals surface area (Å²) in [5.41, 5.74) is 0.799. The number of nitro groups is 1. The van der Waals surface area contributed by atoms with Crippen molar-refractivity contribution in [3.05, 3.63) is 56.5 Å². The van der Waals surface area contributed by atoms with Gasteiger partial charge in [0.05, 0.1) is 4.92 Å². The van der Waals surface area contributed by atoms with E-state index in [4.69, 9.17) is 0 Å². The van der Waals surface area contributed by atoms with Gasteiger partial charge < -0.3 is 0 Å². The number of nitrogens with zero attached hydrogens (tertiary/aromatic N) is 2. The molecule has 6 heteroatoms. The molecule has 6 nitrogen and oxygen atoms in total. The highest BCUT2D eigenvalue weighted by molar-refractivity contribution is 5.51. The molecule has 0 spiro atoms. The first kappa shape index (κ1) is 10.8. The molecule has 0 radical (unpaired) electrons. The van der Waals surface area contributed by atoms with Gasteiger partial charge in [0.1, 0.15) is 5.69 Å². The van der Waals surface area contributed by atoms with E-state index in [1.807, 2.05) is 0 Å². The molecule has 1 aromatic heterocycles. The fourth-order valence-electron chi connectivity index (χ4n) is 2.00. The summed E-state index contributed by atoms with van der Waals surface area (Å²) in [6.45, 7) is 0. The van der Waals surface area contributed by atoms with E-state index in [-0.39, 0.29) is 16.9 Å². The molecule has 92 valence electrons. The van der Waals surface area contributed by atoms with Gasteiger partial charge >= 0.3 is 0 Å². The van der Waals surface area contributed by atoms with Gasteiger partial charge in [-0.15, -0.1) is 0 Å². The highest BCUT2D eigenvalue weighted by Gasteiger charge is 2.27. The van der Waals surface area contributed by atoms with Crippen molar-refractivity contribution < 1.29 is 4.92 Å². The van der Waals surface area contributed by atoms with Crippen molar-refractivity contribution in [3.63, 3.8) is 0 Å². The maximum absolute atomic E-state index is 11.9. The Bertz CT molecular complexity index is 667. The van der Waals surface area contributed by atoms with E-state index in [2.05, 4.69) is 5.10 Å². The normalized spacial score (nSPS) is 14.7. The molecular formula is C12H11N3O3. The summed E-state index contributed by atoms with van der Waals surface area (Å²) in [5.74, 6) is 0.404. The monoisotopic (exact) mass is 245 g/mol. The van der Waals surface area contributed by atoms with Gasteiger partial charge in [0, 0.05) is 23.7 Å². The average molecular weight is 245 g/mol. The molecule has 1 aromatic carbocycles. The summed E-state index contributed by atoms with van der Waals surface area (Å²) >= 11 is 0. The largest absolute Gasteiger partial charge is 0.295 e. The predicted molar refractivity (Wildman–Crippen MR) is 65.0 cm³/mol. The molecule has 1 N–H and O–H groups in total. The van der Waals surface area contributed by atoms with Gasteiger partial charge in [-0.05, 0) is 18.9 Å². The number of hydrogen-bond acceptors (Lipinski definition) is 3. The van der Waals surface area contributed by atoms with Crippen LogP contribution in [-0.4, -0.2) is 14.7 Å². The zero-order valence-electron chi connectivity index (χ0n) is 9.50. The van der Waals surface area contributed by atoms with E-state index < -0.39 is 4.92 Å². The van der Waals surface area contributed by atoms with Crippen LogP contribution in [0.15, 0.2) is 35.1 Å². The summed E-state index contributed by atoms with van der Waals surface area (Å²) in [5, 5.41) is 13.9. The van der Waals surface area contributed by atoms with E-state index in [9.17, 15) is 14.9 Å². The van der Waals surface area contributed by atoms with E-state index in [0.717, 1.165) is 18.5 Å². The lowest BCUT2D eigenvalue weighted by Gasteiger charge is -2.02. The Morgan fingerprint density at radius 2 is 2.06 bits per heavy atom. The maximum Gasteiger partial charge on any atom is 0.294 e. The third kappa shape index (κ3) is 1.71. The van der Waals surface area contributed by atoms with Crippen molar-refractivity contribution in [2.75, 3.05) is 0 Å². The van der Waals surface area contributed by atoms with Crippen molar-refractivity contribution in [1.29, 1.82) is 0 Å². The number of benzene rings is 1. The number of nitrogens with one attached hydrogen (secondary N) is 1. The number of hydrogen-bond donors (Lipinski definition) is 1. The molecular weight excluding hydrogens is 234 g/mol. The Balaban J connectivity index is 2.14. The van der Waals surface area contributed by atoms with Crippen LogP contribution in [0.3, 0.4) is 0 Å². The second kappa shape index (κ2) is 3.83. The van der Waals surface area contributed by atoms with Crippen LogP contribution in [0, 0.1) is 10.1 Å². The first-order valence-corrected chi connectivity index (χ1v) is 5.72. The molecule has 1 heterocycles. The molecule has 0 bridgehead atoms. The summed E-state index contributed by atoms with van der Waals surface area (Å²) < 4.78 is 1.24. The van der Waals surface area contributed by atoms with E-state index in [1.165, 1.54) is 16.8 Å². The van der Waals surface area contributed by atoms with Crippen molar-refractivity contribution in [1.82, 2.24) is 9.78 Å². The molecule has 2 aromatic rings. The highest BCUT2D eigenvalue weighted by Crippen LogP contribution is 2.38. The smallest absolute Gasteiger partial charge is 0.294 e. The predicted octanol–water partition coefficient (Wildman–Crippen LogP) is 1.95. The standard InChI is InChI=1S/C12H11N3O3/c16-12-7-9(8-5-6-8)13-14(12)10-3-1-2-4-11(10)15(17)18/h1-4,7-8,13H,5-6H2. The van der Waals surface area contributed by atoms with Gasteiger partial charge in [0.2, 0.25) is 0 Å². The molecule has 1 saturated carbocycles. The molecule has 1 fully saturated rings. The third-order valence-corrected chi connectivity index (χ3v) is 3.08. The van der Waals surface area contributed by atoms with Crippen LogP contribution in [0.4, 0.5) is 5.69 Å². The molecule has 3 rings (SSSR count). The summed E-state index contributed by atoms with van der Waals surface area (Å²) in [6, 6.07) is 7.73. The summed E-state index contributed by atoms with van der Waals surface area (Å²) in [6.07, 6.45) is 2.13. The molecule has 0 atom stereocenters. The maximum atomic E-state index is 11.9. The highest BCUT2D eigenvalue weighted by atomic mass is 16.6. The first-order chi connectivity index (χ1) is 8.66. The number of nitro benzene ring substituents is 1. The Labute approximate surface area is 102 Å². The zero-order chi connectivity index (χ0) is 12.7. The average Bonchev–Trinajstić information content (AvgIpc) is 3.13. The number of aromatic nitrogens is 2. The molecule has 1 aliphatic carbocycles. The van der Waals surface area contributed by atoms with Crippen LogP contribution in [-0.2, 0) is 0 Å². The topological polar surface area (TPSA) is 80.9 Å². The zero-order valence-corrected chi connectivity index (χ0v) is 9.50. The van der Waals surface area contributed by atoms with Gasteiger partial charge in [0.15, 0.2) is 0 Å². The van der Waals surface area contributed by atoms with Gasteiger partial charge in [-0.3, -0.25) is 20.0 Å². The summed E-state index contributed by atoms with van der Waals surface area (Å²) in [4.78, 5) is 22.3. The Hall–Kier alpha value is -2.37. The van der Waals surface area contributed by atoms with Gasteiger partial charge in [0.25, 0.3) is 11.2 Å². The molecule has 0 amide bonds. The Kier molecular flexibility index (Phi) is 2.29. The van der Waals surface area contributed by atoms with Crippen molar-refractivity contribution in [3.8, 4) is 5.69 Å². The molecule has 1 aliphatic rings. The number of aromatic amines is 1. The van der Waals surface area contributed by atoms with Crippen LogP contribution in [0.5, 0.6) is 0 Å². The molecule has 0 saturated heterocycles. The van der Waals surface area contributed by atoms with Crippen LogP contribution >= 0.6 is 0 Å². The summed E-state index contributed by atoms with van der Waals surface area (Å²) in [7, 11) is 0. The Morgan fingerprint density at radius 1 is 1.33 bits per heavy atom. The molecule has 18 heavy (non-hydrogen) atoms. The van der Waals surface area contributed by atoms with Gasteiger partial charge in [-0.2, -0.15) is 0 Å². The third-order valence-electron chi connectivity index (χ3n) is 3.08. The lowest BCUT2D eigenvalue weighted by atomic mass is 10.3. The number of para-hydroxylation sites is 2. The minimum Gasteiger partial charge on any atom is -0.295 e. The fourth-order valence-corrected chi connectivity index (χ4v) is 2.00. The van der Waals surface area contributed by atoms with Crippen LogP contribution in [0.25, 0.3) is 5.69 Å². The van der Waals surface area contributed by atoms with Crippen LogP contribution < -0.4 is 5.56 Å². The molecule has 0 unspecified atom stereocenters. The van der Waals surface area contributed by atoms with E-state index in [1.54, 1.807) is 18.2 Å². The second-order valence-corrected chi connectivity index (χ2v) is 4.41. The van der Waals surface area contributed by atoms with Crippen LogP contribution in [0.2, 0.25) is 0 Å².